The van der Waals surface area contributed by atoms with E-state index < -0.39 is 5.60 Å². The third-order valence-corrected chi connectivity index (χ3v) is 7.95. The van der Waals surface area contributed by atoms with E-state index in [0.29, 0.717) is 23.9 Å². The van der Waals surface area contributed by atoms with Crippen LogP contribution < -0.4 is 4.74 Å². The lowest BCUT2D eigenvalue weighted by molar-refractivity contribution is -0.959. The molecule has 0 unspecified atom stereocenters. The van der Waals surface area contributed by atoms with E-state index in [-0.39, 0.29) is 11.9 Å². The van der Waals surface area contributed by atoms with Crippen LogP contribution in [0.5, 0.6) is 11.5 Å². The second-order valence-corrected chi connectivity index (χ2v) is 10.2. The highest BCUT2D eigenvalue weighted by Crippen LogP contribution is 2.40. The summed E-state index contributed by atoms with van der Waals surface area (Å²) in [5, 5.41) is 26.3. The van der Waals surface area contributed by atoms with E-state index >= 15 is 0 Å². The van der Waals surface area contributed by atoms with Crippen molar-refractivity contribution in [1.29, 1.82) is 0 Å². The summed E-state index contributed by atoms with van der Waals surface area (Å²) in [7, 11) is 0. The smallest absolute Gasteiger partial charge is 0.191 e. The van der Waals surface area contributed by atoms with E-state index in [1.165, 1.54) is 0 Å². The highest BCUT2D eigenvalue weighted by molar-refractivity contribution is 5.44. The SMILES string of the molecule is Oc1cccc(O[C@H]2C[N+]3(Cc4cc(C(O)(c5ccccc5)c5ccccc5)no4)CCC2CC3)c1. The molecule has 3 saturated heterocycles. The van der Waals surface area contributed by atoms with Gasteiger partial charge < -0.3 is 24.0 Å². The van der Waals surface area contributed by atoms with Crippen molar-refractivity contribution in [3.63, 3.8) is 0 Å². The molecule has 3 aromatic carbocycles. The fraction of sp³-hybridized carbons (Fsp3) is 0.300. The number of phenolic OH excluding ortho intramolecular Hbond substituents is 1. The molecule has 0 radical (unpaired) electrons. The summed E-state index contributed by atoms with van der Waals surface area (Å²) in [6.07, 6.45) is 2.30. The minimum Gasteiger partial charge on any atom is -0.508 e. The molecule has 6 heteroatoms. The minimum absolute atomic E-state index is 0.0993. The molecular weight excluding hydrogens is 452 g/mol. The number of aliphatic hydroxyl groups is 1. The summed E-state index contributed by atoms with van der Waals surface area (Å²) in [6, 6.07) is 28.2. The Hall–Kier alpha value is -3.61. The summed E-state index contributed by atoms with van der Waals surface area (Å²) < 4.78 is 13.1. The van der Waals surface area contributed by atoms with E-state index in [1.54, 1.807) is 12.1 Å². The number of hydrogen-bond acceptors (Lipinski definition) is 5. The number of phenols is 1. The van der Waals surface area contributed by atoms with E-state index in [0.717, 1.165) is 53.8 Å². The van der Waals surface area contributed by atoms with Crippen molar-refractivity contribution in [2.45, 2.75) is 31.1 Å². The summed E-state index contributed by atoms with van der Waals surface area (Å²) >= 11 is 0. The summed E-state index contributed by atoms with van der Waals surface area (Å²) in [4.78, 5) is 0. The zero-order valence-corrected chi connectivity index (χ0v) is 20.2. The topological polar surface area (TPSA) is 75.7 Å². The lowest BCUT2D eigenvalue weighted by Crippen LogP contribution is -2.64. The fourth-order valence-electron chi connectivity index (χ4n) is 6.02. The molecule has 6 nitrogen and oxygen atoms in total. The van der Waals surface area contributed by atoms with Crippen LogP contribution in [0, 0.1) is 5.92 Å². The van der Waals surface area contributed by atoms with Crippen molar-refractivity contribution < 1.29 is 24.0 Å². The van der Waals surface area contributed by atoms with Crippen molar-refractivity contribution in [2.75, 3.05) is 19.6 Å². The van der Waals surface area contributed by atoms with Gasteiger partial charge in [0, 0.05) is 30.9 Å². The van der Waals surface area contributed by atoms with Crippen LogP contribution in [0.1, 0.15) is 35.4 Å². The Morgan fingerprint density at radius 3 is 2.19 bits per heavy atom. The largest absolute Gasteiger partial charge is 0.508 e. The molecule has 1 atom stereocenters. The lowest BCUT2D eigenvalue weighted by Gasteiger charge is -2.51. The Balaban J connectivity index is 1.26. The fourth-order valence-corrected chi connectivity index (χ4v) is 6.02. The van der Waals surface area contributed by atoms with E-state index in [4.69, 9.17) is 9.26 Å². The molecule has 1 aromatic heterocycles. The van der Waals surface area contributed by atoms with Crippen molar-refractivity contribution in [3.05, 3.63) is 114 Å². The number of hydrogen-bond donors (Lipinski definition) is 2. The Morgan fingerprint density at radius 2 is 1.56 bits per heavy atom. The molecule has 7 rings (SSSR count). The first-order valence-electron chi connectivity index (χ1n) is 12.6. The van der Waals surface area contributed by atoms with Crippen LogP contribution in [0.4, 0.5) is 0 Å². The third-order valence-electron chi connectivity index (χ3n) is 7.95. The maximum atomic E-state index is 12.0. The van der Waals surface area contributed by atoms with Crippen LogP contribution >= 0.6 is 0 Å². The Labute approximate surface area is 211 Å². The van der Waals surface area contributed by atoms with Crippen LogP contribution in [-0.2, 0) is 12.1 Å². The molecule has 3 aliphatic heterocycles. The molecule has 2 N–H and O–H groups in total. The Kier molecular flexibility index (Phi) is 5.78. The summed E-state index contributed by atoms with van der Waals surface area (Å²) in [5.41, 5.74) is 0.593. The van der Waals surface area contributed by atoms with Crippen LogP contribution in [0.3, 0.4) is 0 Å². The minimum atomic E-state index is -1.40. The maximum absolute atomic E-state index is 12.0. The predicted octanol–water partition coefficient (Wildman–Crippen LogP) is 4.85. The average molecular weight is 484 g/mol. The lowest BCUT2D eigenvalue weighted by atomic mass is 9.82. The van der Waals surface area contributed by atoms with Gasteiger partial charge in [0.15, 0.2) is 17.5 Å². The van der Waals surface area contributed by atoms with Gasteiger partial charge >= 0.3 is 0 Å². The second-order valence-electron chi connectivity index (χ2n) is 10.2. The number of aromatic hydroxyl groups is 1. The van der Waals surface area contributed by atoms with Gasteiger partial charge in [0.1, 0.15) is 30.3 Å². The van der Waals surface area contributed by atoms with Gasteiger partial charge in [0.2, 0.25) is 0 Å². The molecule has 0 amide bonds. The zero-order valence-electron chi connectivity index (χ0n) is 20.2. The monoisotopic (exact) mass is 483 g/mol. The Bertz CT molecular complexity index is 1270. The number of nitrogens with zero attached hydrogens (tertiary/aromatic N) is 2. The first kappa shape index (κ1) is 22.8. The number of rotatable bonds is 7. The molecule has 0 aliphatic carbocycles. The standard InChI is InChI=1S/C30H30N2O4/c33-25-12-7-13-26(18-25)35-28-21-32(16-14-22(28)15-17-32)20-27-19-29(31-36-27)30(34,23-8-3-1-4-9-23)24-10-5-2-6-11-24/h1-13,18-19,22,28,34H,14-17,20-21H2/p+1/t22?,28-,32?/m0/s1. The highest BCUT2D eigenvalue weighted by Gasteiger charge is 2.48. The van der Waals surface area contributed by atoms with Crippen LogP contribution in [-0.4, -0.2) is 45.6 Å². The molecule has 0 saturated carbocycles. The molecule has 0 spiro atoms. The molecule has 184 valence electrons. The van der Waals surface area contributed by atoms with Gasteiger partial charge in [-0.25, -0.2) is 0 Å². The number of quaternary nitrogens is 1. The van der Waals surface area contributed by atoms with Crippen LogP contribution in [0.15, 0.2) is 95.5 Å². The Morgan fingerprint density at radius 1 is 0.889 bits per heavy atom. The van der Waals surface area contributed by atoms with E-state index in [2.05, 4.69) is 5.16 Å². The number of aromatic nitrogens is 1. The second kappa shape index (κ2) is 9.12. The highest BCUT2D eigenvalue weighted by atomic mass is 16.5. The van der Waals surface area contributed by atoms with Crippen molar-refractivity contribution >= 4 is 0 Å². The van der Waals surface area contributed by atoms with Gasteiger partial charge in [-0.2, -0.15) is 0 Å². The van der Waals surface area contributed by atoms with Crippen molar-refractivity contribution in [2.24, 2.45) is 5.92 Å². The van der Waals surface area contributed by atoms with E-state index in [9.17, 15) is 10.2 Å². The molecule has 4 heterocycles. The number of benzene rings is 3. The third kappa shape index (κ3) is 4.16. The van der Waals surface area contributed by atoms with Gasteiger partial charge in [0.25, 0.3) is 0 Å². The van der Waals surface area contributed by atoms with Crippen molar-refractivity contribution in [1.82, 2.24) is 5.16 Å². The van der Waals surface area contributed by atoms with E-state index in [1.807, 2.05) is 78.9 Å². The molecule has 36 heavy (non-hydrogen) atoms. The quantitative estimate of drug-likeness (QED) is 0.368. The first-order valence-corrected chi connectivity index (χ1v) is 12.6. The summed E-state index contributed by atoms with van der Waals surface area (Å²) in [5.74, 6) is 2.23. The number of piperidine rings is 3. The maximum Gasteiger partial charge on any atom is 0.191 e. The van der Waals surface area contributed by atoms with Gasteiger partial charge in [-0.05, 0) is 23.3 Å². The predicted molar refractivity (Wildman–Crippen MR) is 135 cm³/mol. The zero-order chi connectivity index (χ0) is 24.6. The van der Waals surface area contributed by atoms with Gasteiger partial charge in [0.05, 0.1) is 13.1 Å². The molecule has 2 bridgehead atoms. The van der Waals surface area contributed by atoms with Gasteiger partial charge in [-0.1, -0.05) is 71.9 Å². The van der Waals surface area contributed by atoms with Crippen LogP contribution in [0.25, 0.3) is 0 Å². The van der Waals surface area contributed by atoms with Gasteiger partial charge in [-0.15, -0.1) is 0 Å². The first-order chi connectivity index (χ1) is 17.5. The molecule has 3 fully saturated rings. The molecule has 3 aliphatic rings. The molecule has 4 aromatic rings. The van der Waals surface area contributed by atoms with Crippen molar-refractivity contribution in [3.8, 4) is 11.5 Å². The van der Waals surface area contributed by atoms with Gasteiger partial charge in [-0.3, -0.25) is 0 Å². The normalized spacial score (nSPS) is 23.5. The van der Waals surface area contributed by atoms with Crippen LogP contribution in [0.2, 0.25) is 0 Å². The average Bonchev–Trinajstić information content (AvgIpc) is 3.38. The molecular formula is C30H31N2O4+. The number of ether oxygens (including phenoxy) is 1. The summed E-state index contributed by atoms with van der Waals surface area (Å²) in [6.45, 7) is 3.74. The number of fused-ring (bicyclic) bond motifs is 3.